The fourth-order valence-electron chi connectivity index (χ4n) is 2.98. The Hall–Kier alpha value is -0.0700. The van der Waals surface area contributed by atoms with Crippen LogP contribution in [0.15, 0.2) is 0 Å². The van der Waals surface area contributed by atoms with Gasteiger partial charge in [0.15, 0.2) is 0 Å². The molecule has 84 valence electrons. The van der Waals surface area contributed by atoms with E-state index in [1.54, 1.807) is 0 Å². The van der Waals surface area contributed by atoms with E-state index in [9.17, 15) is 4.39 Å². The Labute approximate surface area is 88.3 Å². The van der Waals surface area contributed by atoms with E-state index in [0.717, 1.165) is 18.3 Å². The molecular formula is C13H25F. The minimum absolute atomic E-state index is 0.105. The van der Waals surface area contributed by atoms with Gasteiger partial charge in [-0.1, -0.05) is 27.7 Å². The Balaban J connectivity index is 2.54. The monoisotopic (exact) mass is 200 g/mol. The van der Waals surface area contributed by atoms with Gasteiger partial charge >= 0.3 is 0 Å². The zero-order chi connectivity index (χ0) is 10.7. The molecule has 0 bridgehead atoms. The Morgan fingerprint density at radius 2 is 1.71 bits per heavy atom. The van der Waals surface area contributed by atoms with Crippen LogP contribution in [-0.2, 0) is 0 Å². The first-order valence-corrected chi connectivity index (χ1v) is 6.12. The highest BCUT2D eigenvalue weighted by molar-refractivity contribution is 4.82. The second kappa shape index (κ2) is 5.14. The molecule has 0 spiro atoms. The topological polar surface area (TPSA) is 0 Å². The first-order chi connectivity index (χ1) is 6.56. The molecule has 3 atom stereocenters. The quantitative estimate of drug-likeness (QED) is 0.637. The maximum atomic E-state index is 12.9. The molecule has 1 saturated carbocycles. The molecule has 0 aromatic rings. The summed E-state index contributed by atoms with van der Waals surface area (Å²) in [5, 5.41) is 0. The highest BCUT2D eigenvalue weighted by Crippen LogP contribution is 2.40. The van der Waals surface area contributed by atoms with Crippen molar-refractivity contribution in [2.24, 2.45) is 29.6 Å². The van der Waals surface area contributed by atoms with Crippen molar-refractivity contribution in [3.8, 4) is 0 Å². The summed E-state index contributed by atoms with van der Waals surface area (Å²) in [5.74, 6) is 3.14. The number of rotatable bonds is 3. The smallest absolute Gasteiger partial charge is 0.0925 e. The number of alkyl halides is 1. The van der Waals surface area contributed by atoms with Crippen LogP contribution < -0.4 is 0 Å². The summed E-state index contributed by atoms with van der Waals surface area (Å²) in [6, 6.07) is 0. The maximum absolute atomic E-state index is 12.9. The average Bonchev–Trinajstić information content (AvgIpc) is 2.16. The molecule has 0 heterocycles. The average molecular weight is 200 g/mol. The van der Waals surface area contributed by atoms with E-state index in [2.05, 4.69) is 27.7 Å². The van der Waals surface area contributed by atoms with Crippen molar-refractivity contribution in [2.75, 3.05) is 6.67 Å². The SMILES string of the molecule is CC(C)C1CCC(C(C)C)C(CF)C1. The number of hydrogen-bond donors (Lipinski definition) is 0. The molecule has 0 saturated heterocycles. The van der Waals surface area contributed by atoms with Crippen LogP contribution in [0.25, 0.3) is 0 Å². The third-order valence-electron chi connectivity index (χ3n) is 4.08. The van der Waals surface area contributed by atoms with Gasteiger partial charge in [0.1, 0.15) is 0 Å². The molecule has 0 aromatic carbocycles. The molecular weight excluding hydrogens is 175 g/mol. The van der Waals surface area contributed by atoms with Crippen LogP contribution in [0.3, 0.4) is 0 Å². The van der Waals surface area contributed by atoms with Gasteiger partial charge in [0.25, 0.3) is 0 Å². The third-order valence-corrected chi connectivity index (χ3v) is 4.08. The van der Waals surface area contributed by atoms with E-state index in [4.69, 9.17) is 0 Å². The van der Waals surface area contributed by atoms with Crippen LogP contribution in [0, 0.1) is 29.6 Å². The maximum Gasteiger partial charge on any atom is 0.0925 e. The van der Waals surface area contributed by atoms with Crippen LogP contribution >= 0.6 is 0 Å². The van der Waals surface area contributed by atoms with Gasteiger partial charge in [0.05, 0.1) is 6.67 Å². The van der Waals surface area contributed by atoms with Gasteiger partial charge in [-0.2, -0.15) is 0 Å². The van der Waals surface area contributed by atoms with Gasteiger partial charge in [-0.25, -0.2) is 0 Å². The Morgan fingerprint density at radius 1 is 1.07 bits per heavy atom. The number of halogens is 1. The first kappa shape index (κ1) is 12.0. The largest absolute Gasteiger partial charge is 0.251 e. The van der Waals surface area contributed by atoms with Crippen molar-refractivity contribution in [2.45, 2.75) is 47.0 Å². The zero-order valence-corrected chi connectivity index (χ0v) is 10.1. The van der Waals surface area contributed by atoms with E-state index in [-0.39, 0.29) is 6.67 Å². The Bertz CT molecular complexity index is 163. The van der Waals surface area contributed by atoms with E-state index in [0.29, 0.717) is 17.8 Å². The molecule has 14 heavy (non-hydrogen) atoms. The van der Waals surface area contributed by atoms with Crippen molar-refractivity contribution < 1.29 is 4.39 Å². The lowest BCUT2D eigenvalue weighted by molar-refractivity contribution is 0.0934. The summed E-state index contributed by atoms with van der Waals surface area (Å²) >= 11 is 0. The van der Waals surface area contributed by atoms with Gasteiger partial charge < -0.3 is 0 Å². The van der Waals surface area contributed by atoms with Crippen LogP contribution in [0.1, 0.15) is 47.0 Å². The minimum Gasteiger partial charge on any atom is -0.251 e. The molecule has 1 rings (SSSR count). The number of hydrogen-bond acceptors (Lipinski definition) is 0. The van der Waals surface area contributed by atoms with Crippen molar-refractivity contribution in [1.29, 1.82) is 0 Å². The van der Waals surface area contributed by atoms with Crippen molar-refractivity contribution in [1.82, 2.24) is 0 Å². The molecule has 0 N–H and O–H groups in total. The fraction of sp³-hybridized carbons (Fsp3) is 1.00. The second-order valence-electron chi connectivity index (χ2n) is 5.64. The van der Waals surface area contributed by atoms with E-state index in [1.165, 1.54) is 12.8 Å². The van der Waals surface area contributed by atoms with Gasteiger partial charge in [0, 0.05) is 0 Å². The standard InChI is InChI=1S/C13H25F/c1-9(2)11-5-6-13(10(3)4)12(7-11)8-14/h9-13H,5-8H2,1-4H3. The minimum atomic E-state index is -0.105. The third kappa shape index (κ3) is 2.71. The molecule has 1 fully saturated rings. The lowest BCUT2D eigenvalue weighted by Crippen LogP contribution is -2.31. The molecule has 3 unspecified atom stereocenters. The van der Waals surface area contributed by atoms with E-state index in [1.807, 2.05) is 0 Å². The normalized spacial score (nSPS) is 34.1. The molecule has 0 amide bonds. The fourth-order valence-corrected chi connectivity index (χ4v) is 2.98. The summed E-state index contributed by atoms with van der Waals surface area (Å²) in [7, 11) is 0. The van der Waals surface area contributed by atoms with Crippen LogP contribution in [0.5, 0.6) is 0 Å². The summed E-state index contributed by atoms with van der Waals surface area (Å²) in [5.41, 5.74) is 0. The van der Waals surface area contributed by atoms with Crippen molar-refractivity contribution in [3.05, 3.63) is 0 Å². The van der Waals surface area contributed by atoms with Crippen LogP contribution in [-0.4, -0.2) is 6.67 Å². The van der Waals surface area contributed by atoms with E-state index < -0.39 is 0 Å². The molecule has 1 aliphatic rings. The Kier molecular flexibility index (Phi) is 4.40. The zero-order valence-electron chi connectivity index (χ0n) is 10.1. The lowest BCUT2D eigenvalue weighted by Gasteiger charge is -2.38. The predicted molar refractivity (Wildman–Crippen MR) is 60.0 cm³/mol. The van der Waals surface area contributed by atoms with Crippen LogP contribution in [0.2, 0.25) is 0 Å². The molecule has 0 aromatic heterocycles. The van der Waals surface area contributed by atoms with Gasteiger partial charge in [-0.05, 0) is 48.9 Å². The van der Waals surface area contributed by atoms with Gasteiger partial charge in [0.2, 0.25) is 0 Å². The van der Waals surface area contributed by atoms with Crippen molar-refractivity contribution >= 4 is 0 Å². The van der Waals surface area contributed by atoms with Crippen LogP contribution in [0.4, 0.5) is 4.39 Å². The highest BCUT2D eigenvalue weighted by atomic mass is 19.1. The molecule has 0 radical (unpaired) electrons. The van der Waals surface area contributed by atoms with Crippen molar-refractivity contribution in [3.63, 3.8) is 0 Å². The summed E-state index contributed by atoms with van der Waals surface area (Å²) < 4.78 is 12.9. The Morgan fingerprint density at radius 3 is 2.14 bits per heavy atom. The summed E-state index contributed by atoms with van der Waals surface area (Å²) in [6.45, 7) is 8.92. The molecule has 1 heteroatoms. The molecule has 0 nitrogen and oxygen atoms in total. The highest BCUT2D eigenvalue weighted by Gasteiger charge is 2.33. The summed E-state index contributed by atoms with van der Waals surface area (Å²) in [6.07, 6.45) is 3.68. The van der Waals surface area contributed by atoms with Gasteiger partial charge in [-0.3, -0.25) is 4.39 Å². The lowest BCUT2D eigenvalue weighted by atomic mass is 9.67. The first-order valence-electron chi connectivity index (χ1n) is 6.12. The second-order valence-corrected chi connectivity index (χ2v) is 5.64. The van der Waals surface area contributed by atoms with Gasteiger partial charge in [-0.15, -0.1) is 0 Å². The summed E-state index contributed by atoms with van der Waals surface area (Å²) in [4.78, 5) is 0. The van der Waals surface area contributed by atoms with E-state index >= 15 is 0 Å². The molecule has 1 aliphatic carbocycles. The molecule has 0 aliphatic heterocycles. The predicted octanol–water partition coefficient (Wildman–Crippen LogP) is 4.30.